The van der Waals surface area contributed by atoms with Crippen LogP contribution in [0.3, 0.4) is 0 Å². The van der Waals surface area contributed by atoms with Crippen molar-refractivity contribution in [2.75, 3.05) is 50.1 Å². The van der Waals surface area contributed by atoms with Gasteiger partial charge >= 0.3 is 11.9 Å². The molecule has 63 heavy (non-hydrogen) atoms. The number of piperidine rings is 1. The van der Waals surface area contributed by atoms with E-state index < -0.39 is 11.6 Å². The molecule has 0 atom stereocenters. The lowest BCUT2D eigenvalue weighted by Gasteiger charge is -2.45. The minimum Gasteiger partial charge on any atom is -0.494 e. The van der Waals surface area contributed by atoms with Gasteiger partial charge in [-0.15, -0.1) is 11.3 Å². The van der Waals surface area contributed by atoms with Gasteiger partial charge < -0.3 is 19.1 Å². The second-order valence-electron chi connectivity index (χ2n) is 18.1. The van der Waals surface area contributed by atoms with Crippen LogP contribution in [0.1, 0.15) is 115 Å². The molecule has 11 nitrogen and oxygen atoms in total. The highest BCUT2D eigenvalue weighted by atomic mass is 32.1. The summed E-state index contributed by atoms with van der Waals surface area (Å²) in [5, 5.41) is 4.31. The molecule has 5 aromatic rings. The van der Waals surface area contributed by atoms with Gasteiger partial charge in [0.1, 0.15) is 11.4 Å². The van der Waals surface area contributed by atoms with Crippen LogP contribution in [0.4, 0.5) is 10.3 Å². The first kappa shape index (κ1) is 44.3. The van der Waals surface area contributed by atoms with E-state index in [1.54, 1.807) is 0 Å². The van der Waals surface area contributed by atoms with Crippen molar-refractivity contribution in [3.8, 4) is 17.6 Å². The molecule has 2 aliphatic heterocycles. The first-order valence-corrected chi connectivity index (χ1v) is 23.8. The summed E-state index contributed by atoms with van der Waals surface area (Å²) in [7, 11) is 1.38. The molecule has 0 bridgehead atoms. The number of carbonyl (C=O) groups excluding carboxylic acids is 3. The summed E-state index contributed by atoms with van der Waals surface area (Å²) in [5.41, 5.74) is 4.84. The number of para-hydroxylation sites is 1. The number of hydrogen-bond donors (Lipinski definition) is 1. The number of nitrogens with one attached hydrogen (secondary N) is 1. The molecule has 1 spiro atoms. The number of nitrogens with zero attached hydrogens (tertiary/aromatic N) is 4. The third-order valence-electron chi connectivity index (χ3n) is 12.5. The number of amides is 1. The summed E-state index contributed by atoms with van der Waals surface area (Å²) in [5.74, 6) is 7.23. The van der Waals surface area contributed by atoms with Crippen molar-refractivity contribution in [1.82, 2.24) is 14.9 Å². The Hall–Kier alpha value is -5.29. The van der Waals surface area contributed by atoms with Crippen molar-refractivity contribution in [2.24, 2.45) is 11.3 Å². The van der Waals surface area contributed by atoms with Crippen LogP contribution in [0.25, 0.3) is 10.2 Å². The fourth-order valence-corrected chi connectivity index (χ4v) is 11.0. The van der Waals surface area contributed by atoms with Crippen LogP contribution in [0.5, 0.6) is 5.75 Å². The number of anilines is 2. The molecule has 330 valence electrons. The third-order valence-corrected chi connectivity index (χ3v) is 14.7. The SMILES string of the molecule is COC(=O)c1nc(N2CCc3cccc(C(=O)Nc4nc5ccccc5s4)c3C2)sc1CCCOc1ccc(C#CCN2CCC3(CCC(CC(=O)OC(C)(C)C)CC3)CC2)cc1. The topological polar surface area (TPSA) is 123 Å². The molecule has 1 saturated carbocycles. The number of esters is 2. The van der Waals surface area contributed by atoms with Crippen molar-refractivity contribution in [1.29, 1.82) is 0 Å². The molecule has 3 aliphatic rings. The summed E-state index contributed by atoms with van der Waals surface area (Å²) < 4.78 is 17.8. The molecule has 1 saturated heterocycles. The normalized spacial score (nSPS) is 16.5. The number of carbonyl (C=O) groups is 3. The summed E-state index contributed by atoms with van der Waals surface area (Å²) in [6, 6.07) is 21.6. The van der Waals surface area contributed by atoms with Gasteiger partial charge in [0.15, 0.2) is 16.0 Å². The Bertz CT molecular complexity index is 2440. The van der Waals surface area contributed by atoms with Crippen molar-refractivity contribution in [2.45, 2.75) is 97.1 Å². The summed E-state index contributed by atoms with van der Waals surface area (Å²) in [4.78, 5) is 53.6. The first-order chi connectivity index (χ1) is 30.4. The van der Waals surface area contributed by atoms with E-state index in [-0.39, 0.29) is 11.9 Å². The molecule has 2 fully saturated rings. The average molecular weight is 888 g/mol. The zero-order valence-corrected chi connectivity index (χ0v) is 38.4. The Morgan fingerprint density at radius 3 is 2.44 bits per heavy atom. The lowest BCUT2D eigenvalue weighted by atomic mass is 9.65. The molecule has 4 heterocycles. The first-order valence-electron chi connectivity index (χ1n) is 22.2. The summed E-state index contributed by atoms with van der Waals surface area (Å²) in [6.07, 6.45) is 9.67. The Labute approximate surface area is 378 Å². The quantitative estimate of drug-likeness (QED) is 0.0736. The van der Waals surface area contributed by atoms with E-state index >= 15 is 0 Å². The number of methoxy groups -OCH3 is 1. The van der Waals surface area contributed by atoms with E-state index in [4.69, 9.17) is 19.2 Å². The van der Waals surface area contributed by atoms with Crippen molar-refractivity contribution in [3.05, 3.63) is 99.6 Å². The van der Waals surface area contributed by atoms with Gasteiger partial charge in [0, 0.05) is 35.5 Å². The Kier molecular flexibility index (Phi) is 13.8. The maximum atomic E-state index is 13.6. The number of thiazole rings is 2. The summed E-state index contributed by atoms with van der Waals surface area (Å²) in [6.45, 7) is 10.4. The predicted molar refractivity (Wildman–Crippen MR) is 250 cm³/mol. The van der Waals surface area contributed by atoms with E-state index in [9.17, 15) is 14.4 Å². The van der Waals surface area contributed by atoms with Gasteiger partial charge in [-0.25, -0.2) is 14.8 Å². The highest BCUT2D eigenvalue weighted by molar-refractivity contribution is 7.22. The van der Waals surface area contributed by atoms with Crippen LogP contribution in [0, 0.1) is 23.2 Å². The number of aryl methyl sites for hydroxylation is 1. The Morgan fingerprint density at radius 2 is 1.70 bits per heavy atom. The maximum absolute atomic E-state index is 13.6. The van der Waals surface area contributed by atoms with Gasteiger partial charge in [0.2, 0.25) is 0 Å². The molecule has 1 amide bonds. The number of aromatic nitrogens is 2. The van der Waals surface area contributed by atoms with E-state index in [1.807, 2.05) is 81.4 Å². The highest BCUT2D eigenvalue weighted by Gasteiger charge is 2.38. The molecule has 1 N–H and O–H groups in total. The second-order valence-corrected chi connectivity index (χ2v) is 20.2. The van der Waals surface area contributed by atoms with E-state index in [1.165, 1.54) is 55.5 Å². The number of rotatable bonds is 12. The molecule has 1 aliphatic carbocycles. The largest absolute Gasteiger partial charge is 0.494 e. The monoisotopic (exact) mass is 887 g/mol. The molecule has 0 unspecified atom stereocenters. The lowest BCUT2D eigenvalue weighted by molar-refractivity contribution is -0.156. The highest BCUT2D eigenvalue weighted by Crippen LogP contribution is 2.47. The van der Waals surface area contributed by atoms with Gasteiger partial charge in [-0.1, -0.05) is 47.4 Å². The van der Waals surface area contributed by atoms with Gasteiger partial charge in [-0.2, -0.15) is 0 Å². The second kappa shape index (κ2) is 19.6. The number of benzene rings is 3. The molecule has 8 rings (SSSR count). The van der Waals surface area contributed by atoms with E-state index in [0.29, 0.717) is 66.7 Å². The molecular weight excluding hydrogens is 831 g/mol. The van der Waals surface area contributed by atoms with E-state index in [0.717, 1.165) is 81.6 Å². The van der Waals surface area contributed by atoms with Crippen LogP contribution in [0.15, 0.2) is 66.7 Å². The number of fused-ring (bicyclic) bond motifs is 2. The van der Waals surface area contributed by atoms with Crippen LogP contribution < -0.4 is 15.0 Å². The van der Waals surface area contributed by atoms with Gasteiger partial charge in [-0.05, 0) is 157 Å². The fourth-order valence-electron chi connectivity index (χ4n) is 9.06. The minimum absolute atomic E-state index is 0.0582. The molecule has 3 aromatic carbocycles. The molecule has 0 radical (unpaired) electrons. The maximum Gasteiger partial charge on any atom is 0.357 e. The summed E-state index contributed by atoms with van der Waals surface area (Å²) >= 11 is 2.95. The van der Waals surface area contributed by atoms with Crippen molar-refractivity contribution >= 4 is 61.0 Å². The third kappa shape index (κ3) is 11.3. The predicted octanol–water partition coefficient (Wildman–Crippen LogP) is 9.72. The van der Waals surface area contributed by atoms with Crippen LogP contribution in [0.2, 0.25) is 0 Å². The van der Waals surface area contributed by atoms with Crippen molar-refractivity contribution in [3.63, 3.8) is 0 Å². The van der Waals surface area contributed by atoms with Crippen molar-refractivity contribution < 1.29 is 28.6 Å². The van der Waals surface area contributed by atoms with E-state index in [2.05, 4.69) is 38.0 Å². The Balaban J connectivity index is 0.790. The molecule has 13 heteroatoms. The zero-order chi connectivity index (χ0) is 44.0. The molecular formula is C50H57N5O6S2. The average Bonchev–Trinajstić information content (AvgIpc) is 3.90. The smallest absolute Gasteiger partial charge is 0.357 e. The standard InChI is InChI=1S/C50H57N5O6S2/c1-49(2,3)61-43(56)32-35-20-23-50(24-21-35)25-29-54(30-26-50)27-8-10-34-16-18-37(19-17-34)60-31-9-15-42-44(46(58)59-4)52-48(63-42)55-28-22-36-11-7-12-38(39(36)33-55)45(57)53-47-51-40-13-5-6-14-41(40)62-47/h5-7,11-14,16-19,35H,9,15,20-33H2,1-4H3,(H,51,53,57). The number of likely N-dealkylation sites (tertiary alicyclic amines) is 1. The number of ether oxygens (including phenoxy) is 3. The van der Waals surface area contributed by atoms with Crippen LogP contribution in [-0.4, -0.2) is 78.2 Å². The van der Waals surface area contributed by atoms with Gasteiger partial charge in [-0.3, -0.25) is 19.8 Å². The zero-order valence-electron chi connectivity index (χ0n) is 36.8. The van der Waals surface area contributed by atoms with Gasteiger partial charge in [0.25, 0.3) is 5.91 Å². The van der Waals surface area contributed by atoms with Gasteiger partial charge in [0.05, 0.1) is 30.5 Å². The molecule has 2 aromatic heterocycles. The Morgan fingerprint density at radius 1 is 0.921 bits per heavy atom. The number of hydrogen-bond acceptors (Lipinski definition) is 12. The van der Waals surface area contributed by atoms with Crippen LogP contribution >= 0.6 is 22.7 Å². The van der Waals surface area contributed by atoms with Crippen LogP contribution in [-0.2, 0) is 33.7 Å². The minimum atomic E-state index is -0.460. The lowest BCUT2D eigenvalue weighted by Crippen LogP contribution is -2.42. The fraction of sp³-hybridized carbons (Fsp3) is 0.460.